The van der Waals surface area contributed by atoms with E-state index in [4.69, 9.17) is 0 Å². The van der Waals surface area contributed by atoms with Crippen molar-refractivity contribution in [2.45, 2.75) is 61.1 Å². The number of hydrogen-bond donors (Lipinski definition) is 0. The summed E-state index contributed by atoms with van der Waals surface area (Å²) in [7, 11) is 0. The maximum atomic E-state index is 2.35. The van der Waals surface area contributed by atoms with Gasteiger partial charge in [0.25, 0.3) is 0 Å². The first-order chi connectivity index (χ1) is 11.0. The van der Waals surface area contributed by atoms with Crippen molar-refractivity contribution in [3.05, 3.63) is 46.5 Å². The Hall–Kier alpha value is -0.510. The third-order valence-corrected chi connectivity index (χ3v) is 7.16. The van der Waals surface area contributed by atoms with Gasteiger partial charge in [-0.25, -0.2) is 0 Å². The molecule has 2 rings (SSSR count). The first-order valence-corrected chi connectivity index (χ1v) is 10.9. The van der Waals surface area contributed by atoms with Gasteiger partial charge >= 0.3 is 0 Å². The van der Waals surface area contributed by atoms with Crippen LogP contribution in [0.5, 0.6) is 0 Å². The summed E-state index contributed by atoms with van der Waals surface area (Å²) in [5.41, 5.74) is 5.52. The van der Waals surface area contributed by atoms with Crippen molar-refractivity contribution < 1.29 is 0 Å². The van der Waals surface area contributed by atoms with E-state index >= 15 is 0 Å². The van der Waals surface area contributed by atoms with Gasteiger partial charge in [-0.2, -0.15) is 0 Å². The molecule has 0 aliphatic carbocycles. The van der Waals surface area contributed by atoms with Crippen LogP contribution in [-0.4, -0.2) is 11.5 Å². The van der Waals surface area contributed by atoms with E-state index in [9.17, 15) is 0 Å². The fourth-order valence-electron chi connectivity index (χ4n) is 2.49. The quantitative estimate of drug-likeness (QED) is 0.495. The molecule has 0 spiro atoms. The van der Waals surface area contributed by atoms with Crippen molar-refractivity contribution in [2.75, 3.05) is 11.5 Å². The van der Waals surface area contributed by atoms with Gasteiger partial charge in [0.05, 0.1) is 0 Å². The first kappa shape index (κ1) is 18.8. The van der Waals surface area contributed by atoms with E-state index in [2.05, 4.69) is 65.8 Å². The van der Waals surface area contributed by atoms with Crippen LogP contribution in [0.1, 0.15) is 36.1 Å². The smallest absolute Gasteiger partial charge is 0.0155 e. The molecule has 3 heteroatoms. The molecule has 0 aliphatic heterocycles. The highest BCUT2D eigenvalue weighted by Gasteiger charge is 2.10. The van der Waals surface area contributed by atoms with Crippen LogP contribution in [0.4, 0.5) is 0 Å². The molecule has 124 valence electrons. The molecule has 0 aromatic heterocycles. The molecule has 0 saturated heterocycles. The van der Waals surface area contributed by atoms with Crippen molar-refractivity contribution >= 4 is 35.3 Å². The molecule has 0 aliphatic rings. The second-order valence-corrected chi connectivity index (χ2v) is 9.43. The monoisotopic (exact) mass is 362 g/mol. The van der Waals surface area contributed by atoms with E-state index in [0.717, 1.165) is 11.5 Å². The van der Waals surface area contributed by atoms with Gasteiger partial charge in [0.15, 0.2) is 0 Å². The number of hydrogen-bond acceptors (Lipinski definition) is 3. The zero-order valence-electron chi connectivity index (χ0n) is 14.9. The second-order valence-electron chi connectivity index (χ2n) is 5.73. The minimum absolute atomic E-state index is 1.13. The molecule has 23 heavy (non-hydrogen) atoms. The van der Waals surface area contributed by atoms with Crippen molar-refractivity contribution in [3.63, 3.8) is 0 Å². The molecule has 2 aromatic carbocycles. The van der Waals surface area contributed by atoms with Crippen LogP contribution >= 0.6 is 35.3 Å². The number of aryl methyl sites for hydroxylation is 4. The van der Waals surface area contributed by atoms with E-state index in [1.807, 2.05) is 35.3 Å². The third kappa shape index (κ3) is 4.74. The Bertz CT molecular complexity index is 630. The van der Waals surface area contributed by atoms with Crippen molar-refractivity contribution in [1.82, 2.24) is 0 Å². The predicted molar refractivity (Wildman–Crippen MR) is 109 cm³/mol. The Morgan fingerprint density at radius 1 is 0.565 bits per heavy atom. The Labute approximate surface area is 154 Å². The van der Waals surface area contributed by atoms with Crippen LogP contribution < -0.4 is 0 Å². The molecule has 0 bridgehead atoms. The van der Waals surface area contributed by atoms with Crippen LogP contribution in [0.15, 0.2) is 43.8 Å². The Kier molecular flexibility index (Phi) is 7.00. The molecule has 0 atom stereocenters. The summed E-state index contributed by atoms with van der Waals surface area (Å²) in [6.07, 6.45) is 0. The lowest BCUT2D eigenvalue weighted by Gasteiger charge is -2.14. The summed E-state index contributed by atoms with van der Waals surface area (Å²) in [6, 6.07) is 9.38. The molecule has 0 unspecified atom stereocenters. The highest BCUT2D eigenvalue weighted by atomic mass is 32.2. The van der Waals surface area contributed by atoms with Gasteiger partial charge in [-0.15, -0.1) is 23.5 Å². The van der Waals surface area contributed by atoms with Gasteiger partial charge in [-0.3, -0.25) is 0 Å². The molecule has 0 nitrogen and oxygen atoms in total. The molecule has 0 radical (unpaired) electrons. The van der Waals surface area contributed by atoms with E-state index in [1.54, 1.807) is 0 Å². The second kappa shape index (κ2) is 8.55. The molecule has 0 N–H and O–H groups in total. The first-order valence-electron chi connectivity index (χ1n) is 8.12. The van der Waals surface area contributed by atoms with Gasteiger partial charge in [-0.1, -0.05) is 25.6 Å². The molecule has 0 amide bonds. The van der Waals surface area contributed by atoms with Gasteiger partial charge in [0.1, 0.15) is 0 Å². The maximum absolute atomic E-state index is 2.35. The lowest BCUT2D eigenvalue weighted by Crippen LogP contribution is -1.90. The lowest BCUT2D eigenvalue weighted by atomic mass is 10.2. The lowest BCUT2D eigenvalue weighted by molar-refractivity contribution is 1.15. The fourth-order valence-corrected chi connectivity index (χ4v) is 5.35. The average Bonchev–Trinajstić information content (AvgIpc) is 2.49. The highest BCUT2D eigenvalue weighted by molar-refractivity contribution is 8.00. The van der Waals surface area contributed by atoms with Crippen LogP contribution in [0, 0.1) is 27.7 Å². The van der Waals surface area contributed by atoms with E-state index < -0.39 is 0 Å². The largest absolute Gasteiger partial charge is 0.126 e. The number of benzene rings is 2. The number of thioether (sulfide) groups is 2. The van der Waals surface area contributed by atoms with Crippen molar-refractivity contribution in [2.24, 2.45) is 0 Å². The highest BCUT2D eigenvalue weighted by Crippen LogP contribution is 2.38. The van der Waals surface area contributed by atoms with Crippen molar-refractivity contribution in [1.29, 1.82) is 0 Å². The minimum Gasteiger partial charge on any atom is -0.126 e. The molecule has 0 saturated carbocycles. The van der Waals surface area contributed by atoms with Crippen molar-refractivity contribution in [3.8, 4) is 0 Å². The minimum atomic E-state index is 1.13. The summed E-state index contributed by atoms with van der Waals surface area (Å²) in [6.45, 7) is 13.3. The summed E-state index contributed by atoms with van der Waals surface area (Å²) >= 11 is 5.77. The molecular weight excluding hydrogens is 336 g/mol. The average molecular weight is 363 g/mol. The van der Waals surface area contributed by atoms with Crippen LogP contribution in [0.25, 0.3) is 0 Å². The number of rotatable bonds is 6. The Balaban J connectivity index is 2.32. The Morgan fingerprint density at radius 2 is 0.870 bits per heavy atom. The van der Waals surface area contributed by atoms with Gasteiger partial charge < -0.3 is 0 Å². The Morgan fingerprint density at radius 3 is 1.22 bits per heavy atom. The maximum Gasteiger partial charge on any atom is 0.0155 e. The fraction of sp³-hybridized carbons (Fsp3) is 0.400. The zero-order chi connectivity index (χ0) is 17.0. The normalized spacial score (nSPS) is 11.0. The van der Waals surface area contributed by atoms with E-state index in [1.165, 1.54) is 41.8 Å². The van der Waals surface area contributed by atoms with Crippen LogP contribution in [0.2, 0.25) is 0 Å². The molecule has 2 aromatic rings. The summed E-state index contributed by atoms with van der Waals surface area (Å²) in [4.78, 5) is 5.58. The summed E-state index contributed by atoms with van der Waals surface area (Å²) in [5.74, 6) is 2.25. The SMILES string of the molecule is CCSc1cc(C)c(Sc2cc(C)c(SCC)cc2C)cc1C. The standard InChI is InChI=1S/C20H26S3/c1-7-21-17-9-15(5)19(11-13(17)3)23-20-12-14(4)18(22-8-2)10-16(20)6/h9-12H,7-8H2,1-6H3. The topological polar surface area (TPSA) is 0 Å². The van der Waals surface area contributed by atoms with E-state index in [-0.39, 0.29) is 0 Å². The molecule has 0 heterocycles. The van der Waals surface area contributed by atoms with E-state index in [0.29, 0.717) is 0 Å². The van der Waals surface area contributed by atoms with Gasteiger partial charge in [0.2, 0.25) is 0 Å². The van der Waals surface area contributed by atoms with Gasteiger partial charge in [-0.05, 0) is 85.7 Å². The van der Waals surface area contributed by atoms with Crippen LogP contribution in [0.3, 0.4) is 0 Å². The predicted octanol–water partition coefficient (Wildman–Crippen LogP) is 7.30. The van der Waals surface area contributed by atoms with Gasteiger partial charge in [0, 0.05) is 19.6 Å². The third-order valence-electron chi connectivity index (χ3n) is 3.76. The summed E-state index contributed by atoms with van der Waals surface area (Å²) in [5, 5.41) is 0. The molecular formula is C20H26S3. The zero-order valence-corrected chi connectivity index (χ0v) is 17.4. The summed E-state index contributed by atoms with van der Waals surface area (Å²) < 4.78 is 0. The molecule has 0 fully saturated rings. The van der Waals surface area contributed by atoms with Crippen LogP contribution in [-0.2, 0) is 0 Å².